The largest absolute Gasteiger partial charge is 0.497 e. The van der Waals surface area contributed by atoms with E-state index in [1.807, 2.05) is 0 Å². The van der Waals surface area contributed by atoms with Crippen LogP contribution in [0.15, 0.2) is 71.8 Å². The molecule has 0 spiro atoms. The Labute approximate surface area is 147 Å². The molecule has 25 heavy (non-hydrogen) atoms. The standard InChI is InChI=1S/C19H19NO4S/c1-14-12-18(19(21)15-8-10-16(24-2)11-9-15)20(13-14)25(22,23)17-6-4-3-5-7-17/h3-13,19,21H,1-2H3. The number of nitrogens with zero attached hydrogens (tertiary/aromatic N) is 1. The molecule has 1 heterocycles. The lowest BCUT2D eigenvalue weighted by atomic mass is 10.1. The zero-order valence-corrected chi connectivity index (χ0v) is 14.8. The van der Waals surface area contributed by atoms with Crippen molar-refractivity contribution in [2.75, 3.05) is 7.11 Å². The highest BCUT2D eigenvalue weighted by atomic mass is 32.2. The molecule has 0 radical (unpaired) electrons. The lowest BCUT2D eigenvalue weighted by Crippen LogP contribution is -2.17. The highest BCUT2D eigenvalue weighted by molar-refractivity contribution is 7.90. The molecule has 6 heteroatoms. The molecule has 0 amide bonds. The number of hydrogen-bond donors (Lipinski definition) is 1. The summed E-state index contributed by atoms with van der Waals surface area (Å²) >= 11 is 0. The molecule has 5 nitrogen and oxygen atoms in total. The van der Waals surface area contributed by atoms with Crippen LogP contribution >= 0.6 is 0 Å². The van der Waals surface area contributed by atoms with Gasteiger partial charge in [0, 0.05) is 6.20 Å². The molecule has 0 aliphatic heterocycles. The predicted molar refractivity (Wildman–Crippen MR) is 95.3 cm³/mol. The lowest BCUT2D eigenvalue weighted by molar-refractivity contribution is 0.214. The zero-order valence-electron chi connectivity index (χ0n) is 14.0. The van der Waals surface area contributed by atoms with Gasteiger partial charge in [-0.25, -0.2) is 12.4 Å². The van der Waals surface area contributed by atoms with Crippen LogP contribution in [-0.4, -0.2) is 24.6 Å². The van der Waals surface area contributed by atoms with E-state index in [1.54, 1.807) is 62.6 Å². The molecule has 2 aromatic carbocycles. The molecule has 1 aromatic heterocycles. The number of aliphatic hydroxyl groups is 1. The topological polar surface area (TPSA) is 68.5 Å². The van der Waals surface area contributed by atoms with Gasteiger partial charge in [-0.15, -0.1) is 0 Å². The molecule has 130 valence electrons. The Balaban J connectivity index is 2.06. The molecule has 1 atom stereocenters. The van der Waals surface area contributed by atoms with Crippen LogP contribution in [0.25, 0.3) is 0 Å². The van der Waals surface area contributed by atoms with Crippen LogP contribution in [0.4, 0.5) is 0 Å². The van der Waals surface area contributed by atoms with Gasteiger partial charge in [0.15, 0.2) is 0 Å². The summed E-state index contributed by atoms with van der Waals surface area (Å²) in [5.41, 5.74) is 1.64. The summed E-state index contributed by atoms with van der Waals surface area (Å²) in [7, 11) is -2.22. The smallest absolute Gasteiger partial charge is 0.267 e. The van der Waals surface area contributed by atoms with Gasteiger partial charge in [0.25, 0.3) is 10.0 Å². The van der Waals surface area contributed by atoms with Gasteiger partial charge < -0.3 is 9.84 Å². The summed E-state index contributed by atoms with van der Waals surface area (Å²) in [6.07, 6.45) is 0.447. The van der Waals surface area contributed by atoms with Gasteiger partial charge >= 0.3 is 0 Å². The molecule has 0 saturated heterocycles. The Morgan fingerprint density at radius 1 is 1.04 bits per heavy atom. The van der Waals surface area contributed by atoms with E-state index < -0.39 is 16.1 Å². The number of aromatic nitrogens is 1. The molecule has 1 N–H and O–H groups in total. The monoisotopic (exact) mass is 357 g/mol. The highest BCUT2D eigenvalue weighted by Gasteiger charge is 2.24. The third-order valence-corrected chi connectivity index (χ3v) is 5.66. The number of aryl methyl sites for hydroxylation is 1. The summed E-state index contributed by atoms with van der Waals surface area (Å²) in [4.78, 5) is 0.175. The highest BCUT2D eigenvalue weighted by Crippen LogP contribution is 2.28. The fourth-order valence-corrected chi connectivity index (χ4v) is 4.13. The van der Waals surface area contributed by atoms with Crippen molar-refractivity contribution >= 4 is 10.0 Å². The number of rotatable bonds is 5. The average molecular weight is 357 g/mol. The fourth-order valence-electron chi connectivity index (χ4n) is 2.66. The second-order valence-electron chi connectivity index (χ2n) is 5.73. The van der Waals surface area contributed by atoms with Crippen LogP contribution in [0, 0.1) is 6.92 Å². The van der Waals surface area contributed by atoms with Gasteiger partial charge in [0.05, 0.1) is 17.7 Å². The Kier molecular flexibility index (Phi) is 4.65. The molecule has 0 aliphatic carbocycles. The maximum absolute atomic E-state index is 12.9. The zero-order chi connectivity index (χ0) is 18.0. The number of hydrogen-bond acceptors (Lipinski definition) is 4. The van der Waals surface area contributed by atoms with Gasteiger partial charge in [-0.3, -0.25) is 0 Å². The van der Waals surface area contributed by atoms with Gasteiger partial charge in [-0.2, -0.15) is 0 Å². The summed E-state index contributed by atoms with van der Waals surface area (Å²) < 4.78 is 32.1. The van der Waals surface area contributed by atoms with Crippen LogP contribution in [-0.2, 0) is 10.0 Å². The van der Waals surface area contributed by atoms with E-state index in [4.69, 9.17) is 4.74 Å². The third kappa shape index (κ3) is 3.31. The first-order chi connectivity index (χ1) is 11.9. The van der Waals surface area contributed by atoms with E-state index in [2.05, 4.69) is 0 Å². The van der Waals surface area contributed by atoms with E-state index >= 15 is 0 Å². The second-order valence-corrected chi connectivity index (χ2v) is 7.55. The SMILES string of the molecule is COc1ccc(C(O)c2cc(C)cn2S(=O)(=O)c2ccccc2)cc1. The Bertz CT molecular complexity index is 960. The van der Waals surface area contributed by atoms with Crippen LogP contribution in [0.2, 0.25) is 0 Å². The minimum Gasteiger partial charge on any atom is -0.497 e. The molecular weight excluding hydrogens is 338 g/mol. The summed E-state index contributed by atoms with van der Waals surface area (Å²) in [6.45, 7) is 1.79. The van der Waals surface area contributed by atoms with Gasteiger partial charge in [-0.1, -0.05) is 30.3 Å². The molecule has 0 bridgehead atoms. The predicted octanol–water partition coefficient (Wildman–Crippen LogP) is 3.12. The number of benzene rings is 2. The second kappa shape index (κ2) is 6.74. The van der Waals surface area contributed by atoms with Crippen molar-refractivity contribution in [1.82, 2.24) is 3.97 Å². The molecule has 3 aromatic rings. The Hall–Kier alpha value is -2.57. The first-order valence-electron chi connectivity index (χ1n) is 7.75. The minimum absolute atomic E-state index is 0.175. The summed E-state index contributed by atoms with van der Waals surface area (Å²) in [6, 6.07) is 16.7. The Morgan fingerprint density at radius 2 is 1.68 bits per heavy atom. The molecule has 3 rings (SSSR count). The maximum atomic E-state index is 12.9. The van der Waals surface area contributed by atoms with E-state index in [-0.39, 0.29) is 4.90 Å². The quantitative estimate of drug-likeness (QED) is 0.762. The Morgan fingerprint density at radius 3 is 2.28 bits per heavy atom. The normalized spacial score (nSPS) is 12.8. The first-order valence-corrected chi connectivity index (χ1v) is 9.19. The molecular formula is C19H19NO4S. The van der Waals surface area contributed by atoms with Gasteiger partial charge in [0.2, 0.25) is 0 Å². The minimum atomic E-state index is -3.78. The van der Waals surface area contributed by atoms with Gasteiger partial charge in [-0.05, 0) is 48.4 Å². The summed E-state index contributed by atoms with van der Waals surface area (Å²) in [5.74, 6) is 0.666. The molecule has 1 unspecified atom stereocenters. The van der Waals surface area contributed by atoms with Crippen molar-refractivity contribution in [2.45, 2.75) is 17.9 Å². The molecule has 0 saturated carbocycles. The van der Waals surface area contributed by atoms with E-state index in [0.717, 1.165) is 9.54 Å². The van der Waals surface area contributed by atoms with E-state index in [9.17, 15) is 13.5 Å². The van der Waals surface area contributed by atoms with Crippen LogP contribution in [0.3, 0.4) is 0 Å². The lowest BCUT2D eigenvalue weighted by Gasteiger charge is -2.16. The van der Waals surface area contributed by atoms with E-state index in [0.29, 0.717) is 17.0 Å². The van der Waals surface area contributed by atoms with Crippen LogP contribution < -0.4 is 4.74 Å². The first kappa shape index (κ1) is 17.3. The summed E-state index contributed by atoms with van der Waals surface area (Å²) in [5, 5.41) is 10.7. The maximum Gasteiger partial charge on any atom is 0.267 e. The average Bonchev–Trinajstić information content (AvgIpc) is 3.04. The molecule has 0 aliphatic rings. The van der Waals surface area contributed by atoms with Crippen molar-refractivity contribution in [3.05, 3.63) is 83.7 Å². The van der Waals surface area contributed by atoms with E-state index in [1.165, 1.54) is 18.3 Å². The van der Waals surface area contributed by atoms with Crippen molar-refractivity contribution in [3.63, 3.8) is 0 Å². The van der Waals surface area contributed by atoms with Crippen LogP contribution in [0.5, 0.6) is 5.75 Å². The van der Waals surface area contributed by atoms with Crippen molar-refractivity contribution in [1.29, 1.82) is 0 Å². The van der Waals surface area contributed by atoms with Crippen LogP contribution in [0.1, 0.15) is 22.9 Å². The van der Waals surface area contributed by atoms with Crippen molar-refractivity contribution in [2.24, 2.45) is 0 Å². The number of aliphatic hydroxyl groups excluding tert-OH is 1. The third-order valence-electron chi connectivity index (χ3n) is 3.96. The number of ether oxygens (including phenoxy) is 1. The fraction of sp³-hybridized carbons (Fsp3) is 0.158. The van der Waals surface area contributed by atoms with Crippen molar-refractivity contribution in [3.8, 4) is 5.75 Å². The van der Waals surface area contributed by atoms with Gasteiger partial charge in [0.1, 0.15) is 11.9 Å². The van der Waals surface area contributed by atoms with Crippen molar-refractivity contribution < 1.29 is 18.3 Å². The molecule has 0 fully saturated rings. The number of methoxy groups -OCH3 is 1.